The van der Waals surface area contributed by atoms with Crippen LogP contribution in [0.2, 0.25) is 0 Å². The molecule has 1 N–H and O–H groups in total. The topological polar surface area (TPSA) is 23.5 Å². The van der Waals surface area contributed by atoms with Gasteiger partial charge in [0.2, 0.25) is 0 Å². The maximum Gasteiger partial charge on any atom is 0.0919 e. The fourth-order valence-electron chi connectivity index (χ4n) is 2.72. The number of aliphatic hydroxyl groups excluding tert-OH is 1. The van der Waals surface area contributed by atoms with Gasteiger partial charge in [-0.1, -0.05) is 37.6 Å². The van der Waals surface area contributed by atoms with Crippen LogP contribution in [0.5, 0.6) is 0 Å². The van der Waals surface area contributed by atoms with Crippen molar-refractivity contribution in [2.75, 3.05) is 13.1 Å². The number of aliphatic hydroxyl groups is 1. The van der Waals surface area contributed by atoms with Gasteiger partial charge in [-0.25, -0.2) is 0 Å². The molecule has 1 atom stereocenters. The van der Waals surface area contributed by atoms with Crippen LogP contribution < -0.4 is 0 Å². The van der Waals surface area contributed by atoms with Crippen LogP contribution in [0.25, 0.3) is 0 Å². The van der Waals surface area contributed by atoms with Crippen LogP contribution in [0.4, 0.5) is 0 Å². The molecule has 1 aromatic rings. The van der Waals surface area contributed by atoms with E-state index < -0.39 is 0 Å². The third-order valence-corrected chi connectivity index (χ3v) is 3.86. The molecule has 1 aromatic carbocycles. The van der Waals surface area contributed by atoms with E-state index in [1.54, 1.807) is 0 Å². The number of hydrogen-bond donors (Lipinski definition) is 1. The molecule has 2 heteroatoms. The predicted octanol–water partition coefficient (Wildman–Crippen LogP) is 3.46. The van der Waals surface area contributed by atoms with Crippen molar-refractivity contribution in [1.82, 2.24) is 4.90 Å². The lowest BCUT2D eigenvalue weighted by Gasteiger charge is -2.27. The molecule has 1 fully saturated rings. The normalized spacial score (nSPS) is 17.2. The van der Waals surface area contributed by atoms with Gasteiger partial charge in [0, 0.05) is 19.1 Å². The molecule has 1 aliphatic rings. The van der Waals surface area contributed by atoms with Crippen LogP contribution in [-0.2, 0) is 0 Å². The second-order valence-corrected chi connectivity index (χ2v) is 6.45. The Morgan fingerprint density at radius 3 is 2.47 bits per heavy atom. The average molecular weight is 261 g/mol. The molecular weight excluding hydrogens is 234 g/mol. The molecule has 1 unspecified atom stereocenters. The number of hydrogen-bond acceptors (Lipinski definition) is 2. The molecule has 1 saturated carbocycles. The van der Waals surface area contributed by atoms with E-state index >= 15 is 0 Å². The second kappa shape index (κ2) is 6.06. The number of aryl methyl sites for hydroxylation is 2. The molecule has 0 saturated heterocycles. The van der Waals surface area contributed by atoms with Crippen molar-refractivity contribution in [3.63, 3.8) is 0 Å². The first-order valence-electron chi connectivity index (χ1n) is 7.46. The molecule has 1 aliphatic carbocycles. The minimum Gasteiger partial charge on any atom is -0.387 e. The monoisotopic (exact) mass is 261 g/mol. The fourth-order valence-corrected chi connectivity index (χ4v) is 2.72. The van der Waals surface area contributed by atoms with E-state index in [0.29, 0.717) is 12.0 Å². The van der Waals surface area contributed by atoms with Crippen molar-refractivity contribution in [3.8, 4) is 0 Å². The van der Waals surface area contributed by atoms with Gasteiger partial charge in [-0.15, -0.1) is 0 Å². The molecule has 0 heterocycles. The third-order valence-electron chi connectivity index (χ3n) is 3.86. The summed E-state index contributed by atoms with van der Waals surface area (Å²) in [5, 5.41) is 10.5. The van der Waals surface area contributed by atoms with Crippen molar-refractivity contribution in [3.05, 3.63) is 34.9 Å². The summed E-state index contributed by atoms with van der Waals surface area (Å²) in [4.78, 5) is 2.47. The van der Waals surface area contributed by atoms with Crippen LogP contribution >= 0.6 is 0 Å². The van der Waals surface area contributed by atoms with Crippen LogP contribution in [0.1, 0.15) is 49.5 Å². The summed E-state index contributed by atoms with van der Waals surface area (Å²) in [6.45, 7) is 10.5. The molecule has 2 rings (SSSR count). The van der Waals surface area contributed by atoms with Gasteiger partial charge in [0.05, 0.1) is 6.10 Å². The number of rotatable bonds is 6. The Balaban J connectivity index is 2.05. The lowest BCUT2D eigenvalue weighted by Crippen LogP contribution is -2.34. The lowest BCUT2D eigenvalue weighted by atomic mass is 10.00. The van der Waals surface area contributed by atoms with E-state index in [2.05, 4.69) is 50.8 Å². The highest BCUT2D eigenvalue weighted by Crippen LogP contribution is 2.30. The van der Waals surface area contributed by atoms with Gasteiger partial charge in [0.15, 0.2) is 0 Å². The van der Waals surface area contributed by atoms with E-state index in [1.165, 1.54) is 24.0 Å². The molecule has 0 radical (unpaired) electrons. The summed E-state index contributed by atoms with van der Waals surface area (Å²) >= 11 is 0. The zero-order chi connectivity index (χ0) is 14.0. The molecule has 0 bridgehead atoms. The van der Waals surface area contributed by atoms with Gasteiger partial charge in [-0.2, -0.15) is 0 Å². The Morgan fingerprint density at radius 2 is 1.89 bits per heavy atom. The maximum absolute atomic E-state index is 10.5. The Kier molecular flexibility index (Phi) is 4.64. The van der Waals surface area contributed by atoms with Crippen LogP contribution in [0.15, 0.2) is 18.2 Å². The molecule has 0 aliphatic heterocycles. The summed E-state index contributed by atoms with van der Waals surface area (Å²) in [7, 11) is 0. The van der Waals surface area contributed by atoms with Crippen LogP contribution in [0.3, 0.4) is 0 Å². The smallest absolute Gasteiger partial charge is 0.0919 e. The Labute approximate surface area is 117 Å². The average Bonchev–Trinajstić information content (AvgIpc) is 3.14. The molecule has 2 nitrogen and oxygen atoms in total. The van der Waals surface area contributed by atoms with E-state index in [1.807, 2.05) is 0 Å². The van der Waals surface area contributed by atoms with Crippen LogP contribution in [0, 0.1) is 19.8 Å². The highest BCUT2D eigenvalue weighted by Gasteiger charge is 2.30. The Morgan fingerprint density at radius 1 is 1.21 bits per heavy atom. The van der Waals surface area contributed by atoms with Gasteiger partial charge < -0.3 is 5.11 Å². The first kappa shape index (κ1) is 14.5. The Bertz CT molecular complexity index is 423. The van der Waals surface area contributed by atoms with Gasteiger partial charge >= 0.3 is 0 Å². The summed E-state index contributed by atoms with van der Waals surface area (Å²) < 4.78 is 0. The zero-order valence-corrected chi connectivity index (χ0v) is 12.7. The first-order valence-corrected chi connectivity index (χ1v) is 7.46. The fraction of sp³-hybridized carbons (Fsp3) is 0.647. The van der Waals surface area contributed by atoms with Crippen molar-refractivity contribution >= 4 is 0 Å². The van der Waals surface area contributed by atoms with Crippen molar-refractivity contribution in [2.24, 2.45) is 5.92 Å². The maximum atomic E-state index is 10.5. The lowest BCUT2D eigenvalue weighted by molar-refractivity contribution is 0.101. The molecule has 19 heavy (non-hydrogen) atoms. The standard InChI is InChI=1S/C17H27NO/c1-12(2)10-18(15-7-8-15)11-17(19)16-9-13(3)5-6-14(16)4/h5-6,9,12,15,17,19H,7-8,10-11H2,1-4H3. The summed E-state index contributed by atoms with van der Waals surface area (Å²) in [6, 6.07) is 7.05. The molecule has 106 valence electrons. The van der Waals surface area contributed by atoms with Gasteiger partial charge in [-0.05, 0) is 43.7 Å². The minimum absolute atomic E-state index is 0.362. The van der Waals surface area contributed by atoms with E-state index in [4.69, 9.17) is 0 Å². The highest BCUT2D eigenvalue weighted by molar-refractivity contribution is 5.32. The largest absolute Gasteiger partial charge is 0.387 e. The minimum atomic E-state index is -0.362. The highest BCUT2D eigenvalue weighted by atomic mass is 16.3. The summed E-state index contributed by atoms with van der Waals surface area (Å²) in [5.74, 6) is 0.659. The van der Waals surface area contributed by atoms with Crippen molar-refractivity contribution in [1.29, 1.82) is 0 Å². The molecule has 0 aromatic heterocycles. The summed E-state index contributed by atoms with van der Waals surface area (Å²) in [5.41, 5.74) is 3.51. The number of nitrogens with zero attached hydrogens (tertiary/aromatic N) is 1. The second-order valence-electron chi connectivity index (χ2n) is 6.45. The number of benzene rings is 1. The summed E-state index contributed by atoms with van der Waals surface area (Å²) in [6.07, 6.45) is 2.23. The van der Waals surface area contributed by atoms with Crippen molar-refractivity contribution in [2.45, 2.75) is 52.7 Å². The molecular formula is C17H27NO. The van der Waals surface area contributed by atoms with Crippen molar-refractivity contribution < 1.29 is 5.11 Å². The van der Waals surface area contributed by atoms with Gasteiger partial charge in [-0.3, -0.25) is 4.90 Å². The van der Waals surface area contributed by atoms with E-state index in [-0.39, 0.29) is 6.10 Å². The van der Waals surface area contributed by atoms with Gasteiger partial charge in [0.1, 0.15) is 0 Å². The van der Waals surface area contributed by atoms with E-state index in [0.717, 1.165) is 18.7 Å². The first-order chi connectivity index (χ1) is 8.97. The SMILES string of the molecule is Cc1ccc(C)c(C(O)CN(CC(C)C)C2CC2)c1. The Hall–Kier alpha value is -0.860. The molecule has 0 spiro atoms. The van der Waals surface area contributed by atoms with Crippen LogP contribution in [-0.4, -0.2) is 29.1 Å². The van der Waals surface area contributed by atoms with E-state index in [9.17, 15) is 5.11 Å². The predicted molar refractivity (Wildman–Crippen MR) is 80.3 cm³/mol. The van der Waals surface area contributed by atoms with Gasteiger partial charge in [0.25, 0.3) is 0 Å². The third kappa shape index (κ3) is 4.05. The zero-order valence-electron chi connectivity index (χ0n) is 12.7. The quantitative estimate of drug-likeness (QED) is 0.847. The molecule has 0 amide bonds.